The van der Waals surface area contributed by atoms with E-state index < -0.39 is 6.03 Å². The molecule has 0 unspecified atom stereocenters. The van der Waals surface area contributed by atoms with Gasteiger partial charge in [-0.05, 0) is 37.5 Å². The van der Waals surface area contributed by atoms with Crippen molar-refractivity contribution >= 4 is 17.4 Å². The van der Waals surface area contributed by atoms with E-state index in [2.05, 4.69) is 17.1 Å². The summed E-state index contributed by atoms with van der Waals surface area (Å²) >= 11 is 0. The Morgan fingerprint density at radius 3 is 2.69 bits per heavy atom. The third-order valence-electron chi connectivity index (χ3n) is 2.92. The summed E-state index contributed by atoms with van der Waals surface area (Å²) in [5.41, 5.74) is 8.30. The molecule has 0 spiro atoms. The molecule has 0 aliphatic carbocycles. The molecule has 4 nitrogen and oxygen atoms in total. The Morgan fingerprint density at radius 1 is 1.38 bits per heavy atom. The summed E-state index contributed by atoms with van der Waals surface area (Å²) in [7, 11) is 0. The van der Waals surface area contributed by atoms with Gasteiger partial charge in [-0.1, -0.05) is 6.07 Å². The van der Waals surface area contributed by atoms with E-state index in [1.165, 1.54) is 24.1 Å². The molecule has 16 heavy (non-hydrogen) atoms. The van der Waals surface area contributed by atoms with Crippen molar-refractivity contribution in [2.75, 3.05) is 23.3 Å². The second-order valence-electron chi connectivity index (χ2n) is 4.18. The average molecular weight is 219 g/mol. The number of primary amides is 1. The van der Waals surface area contributed by atoms with Crippen molar-refractivity contribution in [3.8, 4) is 0 Å². The first-order chi connectivity index (χ1) is 7.66. The van der Waals surface area contributed by atoms with Gasteiger partial charge in [0, 0.05) is 24.5 Å². The fourth-order valence-corrected chi connectivity index (χ4v) is 2.13. The van der Waals surface area contributed by atoms with Gasteiger partial charge in [0.25, 0.3) is 0 Å². The maximum absolute atomic E-state index is 10.8. The Kier molecular flexibility index (Phi) is 2.99. The molecule has 86 valence electrons. The summed E-state index contributed by atoms with van der Waals surface area (Å²) in [4.78, 5) is 13.1. The van der Waals surface area contributed by atoms with Gasteiger partial charge in [-0.2, -0.15) is 0 Å². The molecule has 1 aromatic rings. The molecule has 1 aliphatic heterocycles. The van der Waals surface area contributed by atoms with Gasteiger partial charge in [0.15, 0.2) is 0 Å². The molecule has 1 fully saturated rings. The van der Waals surface area contributed by atoms with Crippen molar-refractivity contribution in [1.82, 2.24) is 0 Å². The normalized spacial score (nSPS) is 15.2. The van der Waals surface area contributed by atoms with Crippen molar-refractivity contribution in [3.05, 3.63) is 23.8 Å². The third kappa shape index (κ3) is 2.27. The molecule has 0 radical (unpaired) electrons. The fraction of sp³-hybridized carbons (Fsp3) is 0.417. The lowest BCUT2D eigenvalue weighted by Gasteiger charge is -2.21. The quantitative estimate of drug-likeness (QED) is 0.800. The molecule has 2 rings (SSSR count). The van der Waals surface area contributed by atoms with E-state index in [0.29, 0.717) is 0 Å². The zero-order chi connectivity index (χ0) is 11.5. The number of benzene rings is 1. The lowest BCUT2D eigenvalue weighted by molar-refractivity contribution is 0.259. The van der Waals surface area contributed by atoms with E-state index >= 15 is 0 Å². The Bertz CT molecular complexity index is 397. The van der Waals surface area contributed by atoms with Crippen LogP contribution in [0.1, 0.15) is 18.4 Å². The number of aryl methyl sites for hydroxylation is 1. The Labute approximate surface area is 95.4 Å². The van der Waals surface area contributed by atoms with Crippen LogP contribution in [0, 0.1) is 6.92 Å². The summed E-state index contributed by atoms with van der Waals surface area (Å²) < 4.78 is 0. The van der Waals surface area contributed by atoms with Crippen molar-refractivity contribution in [2.24, 2.45) is 5.73 Å². The van der Waals surface area contributed by atoms with E-state index in [1.807, 2.05) is 18.2 Å². The number of amides is 2. The summed E-state index contributed by atoms with van der Waals surface area (Å²) in [6, 6.07) is 5.36. The molecule has 0 bridgehead atoms. The molecule has 1 aliphatic rings. The van der Waals surface area contributed by atoms with Gasteiger partial charge in [-0.3, -0.25) is 0 Å². The summed E-state index contributed by atoms with van der Waals surface area (Å²) in [5.74, 6) is 0. The molecular formula is C12H17N3O. The SMILES string of the molecule is Cc1ccc(NC(N)=O)cc1N1CCCC1. The minimum atomic E-state index is -0.517. The van der Waals surface area contributed by atoms with Crippen LogP contribution in [0.4, 0.5) is 16.2 Å². The van der Waals surface area contributed by atoms with Crippen LogP contribution in [0.3, 0.4) is 0 Å². The van der Waals surface area contributed by atoms with Gasteiger partial charge in [0.1, 0.15) is 0 Å². The minimum Gasteiger partial charge on any atom is -0.371 e. The van der Waals surface area contributed by atoms with E-state index in [9.17, 15) is 4.79 Å². The van der Waals surface area contributed by atoms with Crippen molar-refractivity contribution in [1.29, 1.82) is 0 Å². The number of carbonyl (C=O) groups excluding carboxylic acids is 1. The van der Waals surface area contributed by atoms with Gasteiger partial charge >= 0.3 is 6.03 Å². The van der Waals surface area contributed by atoms with Crippen LogP contribution in [0.25, 0.3) is 0 Å². The molecule has 0 atom stereocenters. The highest BCUT2D eigenvalue weighted by molar-refractivity contribution is 5.88. The van der Waals surface area contributed by atoms with Crippen LogP contribution in [-0.4, -0.2) is 19.1 Å². The molecule has 0 saturated carbocycles. The van der Waals surface area contributed by atoms with Crippen molar-refractivity contribution < 1.29 is 4.79 Å². The summed E-state index contributed by atoms with van der Waals surface area (Å²) in [6.45, 7) is 4.28. The van der Waals surface area contributed by atoms with E-state index in [1.54, 1.807) is 0 Å². The number of hydrogen-bond donors (Lipinski definition) is 2. The molecule has 4 heteroatoms. The Hall–Kier alpha value is -1.71. The fourth-order valence-electron chi connectivity index (χ4n) is 2.13. The van der Waals surface area contributed by atoms with Crippen LogP contribution >= 0.6 is 0 Å². The van der Waals surface area contributed by atoms with Gasteiger partial charge in [-0.15, -0.1) is 0 Å². The number of urea groups is 1. The minimum absolute atomic E-state index is 0.517. The third-order valence-corrected chi connectivity index (χ3v) is 2.92. The zero-order valence-corrected chi connectivity index (χ0v) is 9.49. The predicted octanol–water partition coefficient (Wildman–Crippen LogP) is 2.09. The highest BCUT2D eigenvalue weighted by Crippen LogP contribution is 2.27. The second-order valence-corrected chi connectivity index (χ2v) is 4.18. The number of anilines is 2. The van der Waals surface area contributed by atoms with Gasteiger partial charge < -0.3 is 16.0 Å². The number of hydrogen-bond acceptors (Lipinski definition) is 2. The highest BCUT2D eigenvalue weighted by atomic mass is 16.2. The Balaban J connectivity index is 2.24. The maximum Gasteiger partial charge on any atom is 0.316 e. The number of nitrogens with one attached hydrogen (secondary N) is 1. The first-order valence-corrected chi connectivity index (χ1v) is 5.59. The van der Waals surface area contributed by atoms with E-state index in [-0.39, 0.29) is 0 Å². The van der Waals surface area contributed by atoms with Gasteiger partial charge in [0.05, 0.1) is 0 Å². The number of nitrogens with two attached hydrogens (primary N) is 1. The molecule has 0 aromatic heterocycles. The van der Waals surface area contributed by atoms with Crippen LogP contribution < -0.4 is 16.0 Å². The molecular weight excluding hydrogens is 202 g/mol. The average Bonchev–Trinajstić information content (AvgIpc) is 2.73. The molecule has 3 N–H and O–H groups in total. The van der Waals surface area contributed by atoms with Crippen molar-refractivity contribution in [2.45, 2.75) is 19.8 Å². The maximum atomic E-state index is 10.8. The highest BCUT2D eigenvalue weighted by Gasteiger charge is 2.14. The van der Waals surface area contributed by atoms with Gasteiger partial charge in [-0.25, -0.2) is 4.79 Å². The van der Waals surface area contributed by atoms with Crippen LogP contribution in [0.2, 0.25) is 0 Å². The summed E-state index contributed by atoms with van der Waals surface area (Å²) in [6.07, 6.45) is 2.49. The number of nitrogens with zero attached hydrogens (tertiary/aromatic N) is 1. The molecule has 1 aromatic carbocycles. The largest absolute Gasteiger partial charge is 0.371 e. The monoisotopic (exact) mass is 219 g/mol. The first kappa shape index (κ1) is 10.8. The standard InChI is InChI=1S/C12H17N3O/c1-9-4-5-10(14-12(13)16)8-11(9)15-6-2-3-7-15/h4-5,8H,2-3,6-7H2,1H3,(H3,13,14,16). The predicted molar refractivity (Wildman–Crippen MR) is 65.8 cm³/mol. The van der Waals surface area contributed by atoms with Crippen molar-refractivity contribution in [3.63, 3.8) is 0 Å². The molecule has 2 amide bonds. The summed E-state index contributed by atoms with van der Waals surface area (Å²) in [5, 5.41) is 2.61. The van der Waals surface area contributed by atoms with E-state index in [0.717, 1.165) is 18.8 Å². The lowest BCUT2D eigenvalue weighted by atomic mass is 10.1. The van der Waals surface area contributed by atoms with Crippen LogP contribution in [0.15, 0.2) is 18.2 Å². The number of rotatable bonds is 2. The molecule has 1 saturated heterocycles. The zero-order valence-electron chi connectivity index (χ0n) is 9.49. The first-order valence-electron chi connectivity index (χ1n) is 5.59. The number of carbonyl (C=O) groups is 1. The van der Waals surface area contributed by atoms with Gasteiger partial charge in [0.2, 0.25) is 0 Å². The lowest BCUT2D eigenvalue weighted by Crippen LogP contribution is -2.21. The van der Waals surface area contributed by atoms with Crippen LogP contribution in [-0.2, 0) is 0 Å². The topological polar surface area (TPSA) is 58.4 Å². The van der Waals surface area contributed by atoms with E-state index in [4.69, 9.17) is 5.73 Å². The second kappa shape index (κ2) is 4.43. The molecule has 1 heterocycles. The smallest absolute Gasteiger partial charge is 0.316 e. The van der Waals surface area contributed by atoms with Crippen LogP contribution in [0.5, 0.6) is 0 Å². The Morgan fingerprint density at radius 2 is 2.06 bits per heavy atom.